The van der Waals surface area contributed by atoms with Crippen molar-refractivity contribution in [3.05, 3.63) is 104 Å². The van der Waals surface area contributed by atoms with E-state index in [0.717, 1.165) is 4.44 Å². The molecule has 0 saturated carbocycles. The Morgan fingerprint density at radius 2 is 1.05 bits per heavy atom. The zero-order valence-electron chi connectivity index (χ0n) is 13.5. The molecule has 0 fully saturated rings. The van der Waals surface area contributed by atoms with Gasteiger partial charge >= 0.3 is 139 Å². The van der Waals surface area contributed by atoms with Crippen molar-refractivity contribution in [2.75, 3.05) is 0 Å². The van der Waals surface area contributed by atoms with Gasteiger partial charge in [0.1, 0.15) is 0 Å². The summed E-state index contributed by atoms with van der Waals surface area (Å²) < 4.78 is 12.9. The Morgan fingerprint density at radius 3 is 1.36 bits per heavy atom. The molecule has 0 spiro atoms. The Bertz CT molecular complexity index is 655. The Morgan fingerprint density at radius 1 is 0.682 bits per heavy atom. The van der Waals surface area contributed by atoms with Crippen molar-refractivity contribution >= 4 is 29.1 Å². The molecule has 3 rings (SSSR count). The molecule has 0 atom stereocenters. The second-order valence-electron chi connectivity index (χ2n) is 5.44. The SMILES string of the molecule is [2H]C=C[CH2][Sn]([c]1ccccc1)([c]1ccccc1)[c]1ccccc1. The van der Waals surface area contributed by atoms with Gasteiger partial charge in [-0.2, -0.15) is 0 Å². The molecule has 0 amide bonds. The molecule has 22 heavy (non-hydrogen) atoms. The Balaban J connectivity index is 2.30. The first-order valence-electron chi connectivity index (χ1n) is 8.15. The fraction of sp³-hybridized carbons (Fsp3) is 0.0476. The number of allylic oxidation sites excluding steroid dienone is 1. The van der Waals surface area contributed by atoms with Gasteiger partial charge in [-0.25, -0.2) is 0 Å². The Labute approximate surface area is 138 Å². The maximum absolute atomic E-state index is 7.52. The van der Waals surface area contributed by atoms with E-state index >= 15 is 0 Å². The summed E-state index contributed by atoms with van der Waals surface area (Å²) in [5.74, 6) is 0. The van der Waals surface area contributed by atoms with Gasteiger partial charge in [0.05, 0.1) is 0 Å². The van der Waals surface area contributed by atoms with Gasteiger partial charge in [0.2, 0.25) is 0 Å². The summed E-state index contributed by atoms with van der Waals surface area (Å²) in [6.07, 6.45) is 2.03. The second kappa shape index (κ2) is 6.97. The van der Waals surface area contributed by atoms with Gasteiger partial charge in [-0.05, 0) is 0 Å². The van der Waals surface area contributed by atoms with Crippen LogP contribution < -0.4 is 10.7 Å². The molecule has 0 radical (unpaired) electrons. The molecule has 1 heteroatoms. The topological polar surface area (TPSA) is 0 Å². The number of rotatable bonds is 5. The minimum absolute atomic E-state index is 0.968. The van der Waals surface area contributed by atoms with Gasteiger partial charge < -0.3 is 0 Å². The summed E-state index contributed by atoms with van der Waals surface area (Å²) in [5.41, 5.74) is 0. The number of benzene rings is 3. The van der Waals surface area contributed by atoms with Crippen molar-refractivity contribution < 1.29 is 1.37 Å². The van der Waals surface area contributed by atoms with Crippen molar-refractivity contribution in [3.8, 4) is 0 Å². The molecule has 0 aliphatic rings. The van der Waals surface area contributed by atoms with E-state index < -0.39 is 18.4 Å². The fourth-order valence-corrected chi connectivity index (χ4v) is 15.6. The molecular weight excluding hydrogens is 371 g/mol. The summed E-state index contributed by atoms with van der Waals surface area (Å²) in [4.78, 5) is 0. The van der Waals surface area contributed by atoms with Crippen LogP contribution in [0.1, 0.15) is 1.37 Å². The van der Waals surface area contributed by atoms with Crippen LogP contribution in [-0.4, -0.2) is 18.4 Å². The summed E-state index contributed by atoms with van der Waals surface area (Å²) in [5, 5.41) is 0. The fourth-order valence-electron chi connectivity index (χ4n) is 3.20. The van der Waals surface area contributed by atoms with E-state index in [-0.39, 0.29) is 0 Å². The minimum atomic E-state index is -3.11. The summed E-state index contributed by atoms with van der Waals surface area (Å²) in [7, 11) is 0. The zero-order chi connectivity index (χ0) is 16.0. The molecular formula is C21H20Sn. The van der Waals surface area contributed by atoms with Gasteiger partial charge in [0, 0.05) is 0 Å². The van der Waals surface area contributed by atoms with Crippen molar-refractivity contribution in [1.29, 1.82) is 0 Å². The molecule has 3 aromatic carbocycles. The van der Waals surface area contributed by atoms with E-state index in [2.05, 4.69) is 91.0 Å². The van der Waals surface area contributed by atoms with Crippen molar-refractivity contribution in [2.24, 2.45) is 0 Å². The first kappa shape index (κ1) is 13.8. The van der Waals surface area contributed by atoms with Crippen LogP contribution in [0.3, 0.4) is 0 Å². The van der Waals surface area contributed by atoms with Gasteiger partial charge in [-0.1, -0.05) is 0 Å². The van der Waals surface area contributed by atoms with Crippen LogP contribution in [0.4, 0.5) is 0 Å². The summed E-state index contributed by atoms with van der Waals surface area (Å²) in [6.45, 7) is 1.44. The molecule has 0 aliphatic carbocycles. The maximum atomic E-state index is 7.52. The van der Waals surface area contributed by atoms with E-state index in [0.29, 0.717) is 0 Å². The average molecular weight is 392 g/mol. The van der Waals surface area contributed by atoms with Crippen LogP contribution in [0.25, 0.3) is 0 Å². The van der Waals surface area contributed by atoms with Crippen LogP contribution in [0, 0.1) is 0 Å². The van der Waals surface area contributed by atoms with Crippen LogP contribution in [0.15, 0.2) is 104 Å². The second-order valence-corrected chi connectivity index (χ2v) is 16.7. The van der Waals surface area contributed by atoms with Crippen LogP contribution >= 0.6 is 0 Å². The number of hydrogen-bond acceptors (Lipinski definition) is 0. The predicted octanol–water partition coefficient (Wildman–Crippen LogP) is 3.34. The van der Waals surface area contributed by atoms with E-state index in [9.17, 15) is 0 Å². The van der Waals surface area contributed by atoms with Crippen LogP contribution in [-0.2, 0) is 0 Å². The number of hydrogen-bond donors (Lipinski definition) is 0. The normalized spacial score (nSPS) is 12.3. The molecule has 3 aromatic rings. The third-order valence-corrected chi connectivity index (χ3v) is 17.9. The molecule has 0 aliphatic heterocycles. The molecule has 108 valence electrons. The summed E-state index contributed by atoms with van der Waals surface area (Å²) >= 11 is -3.11. The van der Waals surface area contributed by atoms with Gasteiger partial charge in [0.15, 0.2) is 0 Å². The van der Waals surface area contributed by atoms with E-state index in [1.807, 2.05) is 6.08 Å². The molecule has 0 N–H and O–H groups in total. The zero-order valence-corrected chi connectivity index (χ0v) is 15.4. The van der Waals surface area contributed by atoms with E-state index in [1.54, 1.807) is 0 Å². The Hall–Kier alpha value is -1.80. The quantitative estimate of drug-likeness (QED) is 0.462. The molecule has 0 aromatic heterocycles. The van der Waals surface area contributed by atoms with Crippen molar-refractivity contribution in [1.82, 2.24) is 0 Å². The third kappa shape index (κ3) is 2.76. The Kier molecular flexibility index (Phi) is 4.38. The monoisotopic (exact) mass is 393 g/mol. The standard InChI is InChI=1S/3C6H5.C3H5.Sn/c3*1-2-4-6-5-3-1;1-3-2;/h3*1-5H;3H,1-2H2;/i;;;1D;. The van der Waals surface area contributed by atoms with Crippen LogP contribution in [0.2, 0.25) is 4.44 Å². The molecule has 0 saturated heterocycles. The van der Waals surface area contributed by atoms with Gasteiger partial charge in [-0.3, -0.25) is 0 Å². The van der Waals surface area contributed by atoms with Crippen molar-refractivity contribution in [2.45, 2.75) is 4.44 Å². The van der Waals surface area contributed by atoms with Gasteiger partial charge in [-0.15, -0.1) is 0 Å². The van der Waals surface area contributed by atoms with Crippen LogP contribution in [0.5, 0.6) is 0 Å². The molecule has 0 heterocycles. The third-order valence-electron chi connectivity index (χ3n) is 4.22. The van der Waals surface area contributed by atoms with E-state index in [4.69, 9.17) is 1.37 Å². The summed E-state index contributed by atoms with van der Waals surface area (Å²) in [6, 6.07) is 32.7. The first-order valence-corrected chi connectivity index (χ1v) is 13.9. The molecule has 0 bridgehead atoms. The molecule has 0 unspecified atom stereocenters. The average Bonchev–Trinajstić information content (AvgIpc) is 2.65. The predicted molar refractivity (Wildman–Crippen MR) is 99.0 cm³/mol. The molecule has 0 nitrogen and oxygen atoms in total. The van der Waals surface area contributed by atoms with Gasteiger partial charge in [0.25, 0.3) is 0 Å². The van der Waals surface area contributed by atoms with Crippen molar-refractivity contribution in [3.63, 3.8) is 0 Å². The first-order chi connectivity index (χ1) is 11.4. The van der Waals surface area contributed by atoms with E-state index in [1.165, 1.54) is 17.3 Å².